The standard InChI is InChI=1S/C19H20N2OS/c1-3-4-9-18(22)20-15-11-10-14(12-13(15)2)19-21-16-7-5-6-8-17(16)23-19/h5-8,10-12H,3-4,9H2,1-2H3,(H,20,22). The van der Waals surface area contributed by atoms with Gasteiger partial charge in [0.15, 0.2) is 0 Å². The Morgan fingerprint density at radius 2 is 2.04 bits per heavy atom. The van der Waals surface area contributed by atoms with Crippen molar-refractivity contribution in [1.29, 1.82) is 0 Å². The summed E-state index contributed by atoms with van der Waals surface area (Å²) >= 11 is 1.69. The van der Waals surface area contributed by atoms with Crippen molar-refractivity contribution in [3.8, 4) is 10.6 Å². The first-order valence-electron chi connectivity index (χ1n) is 7.94. The first-order chi connectivity index (χ1) is 11.2. The molecule has 4 heteroatoms. The van der Waals surface area contributed by atoms with Gasteiger partial charge in [-0.2, -0.15) is 0 Å². The summed E-state index contributed by atoms with van der Waals surface area (Å²) in [6.07, 6.45) is 2.53. The number of aromatic nitrogens is 1. The van der Waals surface area contributed by atoms with Crippen molar-refractivity contribution in [2.75, 3.05) is 5.32 Å². The van der Waals surface area contributed by atoms with Crippen LogP contribution >= 0.6 is 11.3 Å². The summed E-state index contributed by atoms with van der Waals surface area (Å²) in [5.41, 5.74) is 4.07. The van der Waals surface area contributed by atoms with Crippen LogP contribution in [0.5, 0.6) is 0 Å². The van der Waals surface area contributed by atoms with E-state index < -0.39 is 0 Å². The van der Waals surface area contributed by atoms with Crippen LogP contribution in [0, 0.1) is 6.92 Å². The molecule has 3 nitrogen and oxygen atoms in total. The summed E-state index contributed by atoms with van der Waals surface area (Å²) in [5, 5.41) is 4.01. The van der Waals surface area contributed by atoms with Crippen LogP contribution in [0.1, 0.15) is 31.7 Å². The average molecular weight is 324 g/mol. The summed E-state index contributed by atoms with van der Waals surface area (Å²) in [5.74, 6) is 0.0858. The quantitative estimate of drug-likeness (QED) is 0.682. The van der Waals surface area contributed by atoms with E-state index in [1.807, 2.05) is 37.3 Å². The number of rotatable bonds is 5. The molecule has 1 heterocycles. The van der Waals surface area contributed by atoms with Gasteiger partial charge in [-0.05, 0) is 49.2 Å². The van der Waals surface area contributed by atoms with E-state index in [-0.39, 0.29) is 5.91 Å². The van der Waals surface area contributed by atoms with E-state index in [0.717, 1.165) is 40.2 Å². The SMILES string of the molecule is CCCCC(=O)Nc1ccc(-c2nc3ccccc3s2)cc1C. The number of hydrogen-bond donors (Lipinski definition) is 1. The van der Waals surface area contributed by atoms with Crippen LogP contribution in [-0.2, 0) is 4.79 Å². The smallest absolute Gasteiger partial charge is 0.224 e. The van der Waals surface area contributed by atoms with E-state index in [1.165, 1.54) is 4.70 Å². The zero-order valence-corrected chi connectivity index (χ0v) is 14.2. The summed E-state index contributed by atoms with van der Waals surface area (Å²) in [6.45, 7) is 4.11. The molecule has 3 aromatic rings. The zero-order valence-electron chi connectivity index (χ0n) is 13.4. The Bertz CT molecular complexity index is 805. The summed E-state index contributed by atoms with van der Waals surface area (Å²) in [7, 11) is 0. The molecular formula is C19H20N2OS. The maximum atomic E-state index is 11.9. The lowest BCUT2D eigenvalue weighted by Crippen LogP contribution is -2.11. The Labute approximate surface area is 140 Å². The molecule has 1 aromatic heterocycles. The number of thiazole rings is 1. The van der Waals surface area contributed by atoms with Crippen molar-refractivity contribution in [1.82, 2.24) is 4.98 Å². The number of amides is 1. The third-order valence-electron chi connectivity index (χ3n) is 3.80. The number of hydrogen-bond acceptors (Lipinski definition) is 3. The molecule has 23 heavy (non-hydrogen) atoms. The van der Waals surface area contributed by atoms with Crippen molar-refractivity contribution in [3.63, 3.8) is 0 Å². The Kier molecular flexibility index (Phi) is 4.72. The lowest BCUT2D eigenvalue weighted by atomic mass is 10.1. The fraction of sp³-hybridized carbons (Fsp3) is 0.263. The maximum absolute atomic E-state index is 11.9. The van der Waals surface area contributed by atoms with Crippen molar-refractivity contribution in [3.05, 3.63) is 48.0 Å². The molecule has 0 unspecified atom stereocenters. The van der Waals surface area contributed by atoms with E-state index in [9.17, 15) is 4.79 Å². The van der Waals surface area contributed by atoms with E-state index >= 15 is 0 Å². The molecule has 3 rings (SSSR count). The Balaban J connectivity index is 1.82. The Hall–Kier alpha value is -2.20. The molecule has 0 saturated carbocycles. The first-order valence-corrected chi connectivity index (χ1v) is 8.75. The van der Waals surface area contributed by atoms with Gasteiger partial charge in [0.2, 0.25) is 5.91 Å². The van der Waals surface area contributed by atoms with Crippen LogP contribution in [0.4, 0.5) is 5.69 Å². The molecule has 0 radical (unpaired) electrons. The van der Waals surface area contributed by atoms with Gasteiger partial charge >= 0.3 is 0 Å². The van der Waals surface area contributed by atoms with E-state index in [1.54, 1.807) is 11.3 Å². The zero-order chi connectivity index (χ0) is 16.2. The summed E-state index contributed by atoms with van der Waals surface area (Å²) in [4.78, 5) is 16.6. The Morgan fingerprint density at radius 1 is 1.22 bits per heavy atom. The highest BCUT2D eigenvalue weighted by Crippen LogP contribution is 2.31. The van der Waals surface area contributed by atoms with Gasteiger partial charge in [-0.3, -0.25) is 4.79 Å². The second-order valence-electron chi connectivity index (χ2n) is 5.67. The number of nitrogens with one attached hydrogen (secondary N) is 1. The lowest BCUT2D eigenvalue weighted by molar-refractivity contribution is -0.116. The third kappa shape index (κ3) is 3.59. The fourth-order valence-electron chi connectivity index (χ4n) is 2.48. The second kappa shape index (κ2) is 6.92. The number of nitrogens with zero attached hydrogens (tertiary/aromatic N) is 1. The number of fused-ring (bicyclic) bond motifs is 1. The molecule has 0 bridgehead atoms. The molecule has 0 saturated heterocycles. The molecule has 0 atom stereocenters. The van der Waals surface area contributed by atoms with Gasteiger partial charge in [-0.1, -0.05) is 25.5 Å². The molecule has 0 aliphatic rings. The van der Waals surface area contributed by atoms with Gasteiger partial charge in [-0.15, -0.1) is 11.3 Å². The molecule has 118 valence electrons. The normalized spacial score (nSPS) is 10.9. The van der Waals surface area contributed by atoms with E-state index in [0.29, 0.717) is 6.42 Å². The fourth-order valence-corrected chi connectivity index (χ4v) is 3.44. The molecule has 2 aromatic carbocycles. The summed E-state index contributed by atoms with van der Waals surface area (Å²) in [6, 6.07) is 14.3. The molecule has 0 aliphatic carbocycles. The number of carbonyl (C=O) groups excluding carboxylic acids is 1. The number of carbonyl (C=O) groups is 1. The van der Waals surface area contributed by atoms with Crippen molar-refractivity contribution in [2.45, 2.75) is 33.1 Å². The maximum Gasteiger partial charge on any atom is 0.224 e. The van der Waals surface area contributed by atoms with Gasteiger partial charge in [0.05, 0.1) is 10.2 Å². The molecule has 0 aliphatic heterocycles. The highest BCUT2D eigenvalue weighted by Gasteiger charge is 2.09. The number of para-hydroxylation sites is 1. The van der Waals surface area contributed by atoms with Gasteiger partial charge in [0, 0.05) is 17.7 Å². The van der Waals surface area contributed by atoms with Gasteiger partial charge < -0.3 is 5.32 Å². The molecular weight excluding hydrogens is 304 g/mol. The van der Waals surface area contributed by atoms with Crippen molar-refractivity contribution < 1.29 is 4.79 Å². The van der Waals surface area contributed by atoms with E-state index in [2.05, 4.69) is 29.4 Å². The van der Waals surface area contributed by atoms with Gasteiger partial charge in [0.1, 0.15) is 5.01 Å². The van der Waals surface area contributed by atoms with Crippen molar-refractivity contribution >= 4 is 33.1 Å². The van der Waals surface area contributed by atoms with Crippen LogP contribution in [0.15, 0.2) is 42.5 Å². The average Bonchev–Trinajstić information content (AvgIpc) is 2.99. The Morgan fingerprint density at radius 3 is 2.78 bits per heavy atom. The predicted octanol–water partition coefficient (Wildman–Crippen LogP) is 5.40. The first kappa shape index (κ1) is 15.7. The molecule has 1 amide bonds. The van der Waals surface area contributed by atoms with Crippen LogP contribution in [-0.4, -0.2) is 10.9 Å². The van der Waals surface area contributed by atoms with Gasteiger partial charge in [-0.25, -0.2) is 4.98 Å². The highest BCUT2D eigenvalue weighted by atomic mass is 32.1. The third-order valence-corrected chi connectivity index (χ3v) is 4.88. The van der Waals surface area contributed by atoms with Gasteiger partial charge in [0.25, 0.3) is 0 Å². The molecule has 0 spiro atoms. The number of anilines is 1. The number of benzene rings is 2. The summed E-state index contributed by atoms with van der Waals surface area (Å²) < 4.78 is 1.19. The second-order valence-corrected chi connectivity index (χ2v) is 6.70. The van der Waals surface area contributed by atoms with Crippen LogP contribution in [0.2, 0.25) is 0 Å². The van der Waals surface area contributed by atoms with E-state index in [4.69, 9.17) is 0 Å². The predicted molar refractivity (Wildman–Crippen MR) is 97.9 cm³/mol. The van der Waals surface area contributed by atoms with Crippen LogP contribution in [0.25, 0.3) is 20.8 Å². The van der Waals surface area contributed by atoms with Crippen LogP contribution < -0.4 is 5.32 Å². The molecule has 1 N–H and O–H groups in total. The van der Waals surface area contributed by atoms with Crippen LogP contribution in [0.3, 0.4) is 0 Å². The number of unbranched alkanes of at least 4 members (excludes halogenated alkanes) is 1. The lowest BCUT2D eigenvalue weighted by Gasteiger charge is -2.09. The minimum absolute atomic E-state index is 0.0858. The minimum atomic E-state index is 0.0858. The number of aryl methyl sites for hydroxylation is 1. The largest absolute Gasteiger partial charge is 0.326 e. The topological polar surface area (TPSA) is 42.0 Å². The highest BCUT2D eigenvalue weighted by molar-refractivity contribution is 7.21. The monoisotopic (exact) mass is 324 g/mol. The van der Waals surface area contributed by atoms with Crippen molar-refractivity contribution in [2.24, 2.45) is 0 Å². The minimum Gasteiger partial charge on any atom is -0.326 e. The molecule has 0 fully saturated rings.